The number of fused-ring (bicyclic) bond motifs is 1. The van der Waals surface area contributed by atoms with E-state index in [0.29, 0.717) is 11.1 Å². The Balaban J connectivity index is 2.14. The fraction of sp³-hybridized carbons (Fsp3) is 0.267. The molecule has 0 atom stereocenters. The number of hydrogen-bond acceptors (Lipinski definition) is 2. The van der Waals surface area contributed by atoms with Crippen LogP contribution in [0.1, 0.15) is 22.3 Å². The van der Waals surface area contributed by atoms with Crippen molar-refractivity contribution in [3.05, 3.63) is 41.6 Å². The summed E-state index contributed by atoms with van der Waals surface area (Å²) < 4.78 is 0. The lowest BCUT2D eigenvalue weighted by Gasteiger charge is -2.22. The molecule has 3 rings (SSSR count). The normalized spacial score (nSPS) is 16.6. The number of aromatic nitrogens is 1. The van der Waals surface area contributed by atoms with E-state index >= 15 is 0 Å². The number of carboxylic acid groups (broad SMARTS) is 1. The Morgan fingerprint density at radius 1 is 1.42 bits per heavy atom. The molecule has 2 aromatic rings. The van der Waals surface area contributed by atoms with E-state index in [1.807, 2.05) is 12.3 Å². The molecule has 0 unspecified atom stereocenters. The molecule has 0 radical (unpaired) electrons. The minimum absolute atomic E-state index is 0.327. The first-order chi connectivity index (χ1) is 9.16. The van der Waals surface area contributed by atoms with Crippen molar-refractivity contribution in [2.45, 2.75) is 6.42 Å². The number of nitrogens with one attached hydrogen (secondary N) is 1. The highest BCUT2D eigenvalue weighted by Crippen LogP contribution is 2.29. The van der Waals surface area contributed by atoms with E-state index in [2.05, 4.69) is 23.0 Å². The molecular formula is C15H16N2O2. The number of rotatable bonds is 2. The van der Waals surface area contributed by atoms with Crippen molar-refractivity contribution in [1.82, 2.24) is 9.88 Å². The van der Waals surface area contributed by atoms with Crippen LogP contribution in [0.3, 0.4) is 0 Å². The fourth-order valence-electron chi connectivity index (χ4n) is 2.69. The van der Waals surface area contributed by atoms with Gasteiger partial charge in [-0.05, 0) is 25.1 Å². The lowest BCUT2D eigenvalue weighted by Crippen LogP contribution is -2.24. The van der Waals surface area contributed by atoms with Crippen molar-refractivity contribution in [2.75, 3.05) is 20.1 Å². The van der Waals surface area contributed by atoms with E-state index in [1.54, 1.807) is 12.1 Å². The minimum Gasteiger partial charge on any atom is -0.478 e. The standard InChI is InChI=1S/C15H16N2O2/c1-17-7-3-4-10(9-17)13-8-16-14-11(13)5-2-6-12(14)15(18)19/h2,4-6,8,16H,3,7,9H2,1H3,(H,18,19). The molecule has 4 heteroatoms. The second-order valence-corrected chi connectivity index (χ2v) is 4.99. The predicted molar refractivity (Wildman–Crippen MR) is 75.3 cm³/mol. The van der Waals surface area contributed by atoms with Crippen LogP contribution in [0.5, 0.6) is 0 Å². The lowest BCUT2D eigenvalue weighted by atomic mass is 10.00. The molecule has 1 aromatic carbocycles. The van der Waals surface area contributed by atoms with Gasteiger partial charge in [-0.1, -0.05) is 18.2 Å². The van der Waals surface area contributed by atoms with Crippen molar-refractivity contribution in [2.24, 2.45) is 0 Å². The van der Waals surface area contributed by atoms with Gasteiger partial charge in [-0.25, -0.2) is 4.79 Å². The van der Waals surface area contributed by atoms with Crippen LogP contribution in [0.2, 0.25) is 0 Å². The maximum absolute atomic E-state index is 11.2. The van der Waals surface area contributed by atoms with E-state index in [4.69, 9.17) is 0 Å². The summed E-state index contributed by atoms with van der Waals surface area (Å²) in [4.78, 5) is 16.6. The molecule has 0 fully saturated rings. The molecule has 4 nitrogen and oxygen atoms in total. The highest BCUT2D eigenvalue weighted by atomic mass is 16.4. The third-order valence-electron chi connectivity index (χ3n) is 3.63. The maximum atomic E-state index is 11.2. The average Bonchev–Trinajstić information content (AvgIpc) is 2.82. The first kappa shape index (κ1) is 12.0. The number of para-hydroxylation sites is 1. The first-order valence-electron chi connectivity index (χ1n) is 6.38. The van der Waals surface area contributed by atoms with E-state index in [1.165, 1.54) is 5.57 Å². The van der Waals surface area contributed by atoms with E-state index < -0.39 is 5.97 Å². The summed E-state index contributed by atoms with van der Waals surface area (Å²) in [5.74, 6) is -0.895. The van der Waals surface area contributed by atoms with Crippen molar-refractivity contribution in [3.8, 4) is 0 Å². The van der Waals surface area contributed by atoms with Crippen LogP contribution in [0.4, 0.5) is 0 Å². The van der Waals surface area contributed by atoms with Gasteiger partial charge in [0, 0.05) is 30.2 Å². The topological polar surface area (TPSA) is 56.3 Å². The maximum Gasteiger partial charge on any atom is 0.337 e. The zero-order valence-corrected chi connectivity index (χ0v) is 10.8. The van der Waals surface area contributed by atoms with Gasteiger partial charge < -0.3 is 15.0 Å². The number of nitrogens with zero attached hydrogens (tertiary/aromatic N) is 1. The molecule has 0 bridgehead atoms. The number of benzene rings is 1. The second kappa shape index (κ2) is 4.55. The van der Waals surface area contributed by atoms with Crippen molar-refractivity contribution < 1.29 is 9.90 Å². The minimum atomic E-state index is -0.895. The number of carbonyl (C=O) groups is 1. The van der Waals surface area contributed by atoms with Gasteiger partial charge in [0.1, 0.15) is 0 Å². The monoisotopic (exact) mass is 256 g/mol. The third kappa shape index (κ3) is 2.04. The zero-order valence-electron chi connectivity index (χ0n) is 10.8. The highest BCUT2D eigenvalue weighted by molar-refractivity contribution is 6.05. The second-order valence-electron chi connectivity index (χ2n) is 4.99. The molecule has 0 aliphatic carbocycles. The largest absolute Gasteiger partial charge is 0.478 e. The van der Waals surface area contributed by atoms with Crippen molar-refractivity contribution in [1.29, 1.82) is 0 Å². The molecule has 0 saturated carbocycles. The number of carboxylic acids is 1. The van der Waals surface area contributed by atoms with Gasteiger partial charge in [0.25, 0.3) is 0 Å². The van der Waals surface area contributed by atoms with Gasteiger partial charge in [-0.3, -0.25) is 0 Å². The average molecular weight is 256 g/mol. The molecule has 1 aliphatic heterocycles. The van der Waals surface area contributed by atoms with Crippen LogP contribution in [-0.4, -0.2) is 41.1 Å². The summed E-state index contributed by atoms with van der Waals surface area (Å²) >= 11 is 0. The van der Waals surface area contributed by atoms with Gasteiger partial charge in [-0.15, -0.1) is 0 Å². The number of H-pyrrole nitrogens is 1. The van der Waals surface area contributed by atoms with E-state index in [-0.39, 0.29) is 0 Å². The quantitative estimate of drug-likeness (QED) is 0.868. The highest BCUT2D eigenvalue weighted by Gasteiger charge is 2.16. The lowest BCUT2D eigenvalue weighted by molar-refractivity contribution is 0.0699. The summed E-state index contributed by atoms with van der Waals surface area (Å²) in [6.45, 7) is 1.98. The molecule has 0 saturated heterocycles. The van der Waals surface area contributed by atoms with Crippen molar-refractivity contribution in [3.63, 3.8) is 0 Å². The Morgan fingerprint density at radius 3 is 3.00 bits per heavy atom. The van der Waals surface area contributed by atoms with Gasteiger partial charge in [0.2, 0.25) is 0 Å². The van der Waals surface area contributed by atoms with Gasteiger partial charge in [0.05, 0.1) is 11.1 Å². The van der Waals surface area contributed by atoms with Crippen LogP contribution in [0, 0.1) is 0 Å². The first-order valence-corrected chi connectivity index (χ1v) is 6.38. The Hall–Kier alpha value is -2.07. The number of likely N-dealkylation sites (N-methyl/N-ethyl adjacent to an activating group) is 1. The molecule has 19 heavy (non-hydrogen) atoms. The Labute approximate surface area is 111 Å². The van der Waals surface area contributed by atoms with E-state index in [0.717, 1.165) is 30.5 Å². The fourth-order valence-corrected chi connectivity index (χ4v) is 2.69. The number of aromatic carboxylic acids is 1. The van der Waals surface area contributed by atoms with Crippen LogP contribution < -0.4 is 0 Å². The van der Waals surface area contributed by atoms with Gasteiger partial charge in [0.15, 0.2) is 0 Å². The summed E-state index contributed by atoms with van der Waals surface area (Å²) in [6.07, 6.45) is 5.20. The van der Waals surface area contributed by atoms with E-state index in [9.17, 15) is 9.90 Å². The van der Waals surface area contributed by atoms with Crippen LogP contribution >= 0.6 is 0 Å². The Morgan fingerprint density at radius 2 is 2.26 bits per heavy atom. The molecule has 1 aliphatic rings. The summed E-state index contributed by atoms with van der Waals surface area (Å²) in [6, 6.07) is 5.41. The molecule has 0 spiro atoms. The predicted octanol–water partition coefficient (Wildman–Crippen LogP) is 2.59. The van der Waals surface area contributed by atoms with Crippen LogP contribution in [0.25, 0.3) is 16.5 Å². The molecule has 0 amide bonds. The molecule has 2 heterocycles. The van der Waals surface area contributed by atoms with Crippen molar-refractivity contribution >= 4 is 22.4 Å². The van der Waals surface area contributed by atoms with Crippen LogP contribution in [-0.2, 0) is 0 Å². The number of aromatic amines is 1. The molecule has 98 valence electrons. The summed E-state index contributed by atoms with van der Waals surface area (Å²) in [7, 11) is 2.10. The summed E-state index contributed by atoms with van der Waals surface area (Å²) in [5.41, 5.74) is 3.42. The number of hydrogen-bond donors (Lipinski definition) is 2. The SMILES string of the molecule is CN1CCC=C(c2c[nH]c3c(C(=O)O)cccc23)C1. The third-order valence-corrected chi connectivity index (χ3v) is 3.63. The molecular weight excluding hydrogens is 240 g/mol. The Kier molecular flexibility index (Phi) is 2.87. The zero-order chi connectivity index (χ0) is 13.4. The summed E-state index contributed by atoms with van der Waals surface area (Å²) in [5, 5.41) is 10.2. The smallest absolute Gasteiger partial charge is 0.337 e. The Bertz CT molecular complexity index is 670. The van der Waals surface area contributed by atoms with Crippen LogP contribution in [0.15, 0.2) is 30.5 Å². The molecule has 1 aromatic heterocycles. The van der Waals surface area contributed by atoms with Gasteiger partial charge >= 0.3 is 5.97 Å². The molecule has 2 N–H and O–H groups in total. The van der Waals surface area contributed by atoms with Gasteiger partial charge in [-0.2, -0.15) is 0 Å².